The van der Waals surface area contributed by atoms with Crippen LogP contribution < -0.4 is 0 Å². The van der Waals surface area contributed by atoms with Crippen molar-refractivity contribution in [1.29, 1.82) is 5.26 Å². The molecule has 1 aliphatic carbocycles. The summed E-state index contributed by atoms with van der Waals surface area (Å²) in [5.41, 5.74) is 2.65. The average Bonchev–Trinajstić information content (AvgIpc) is 2.82. The molecule has 0 amide bonds. The van der Waals surface area contributed by atoms with E-state index < -0.39 is 36.5 Å². The molecule has 0 N–H and O–H groups in total. The first-order chi connectivity index (χ1) is 18.0. The Hall–Kier alpha value is -2.53. The number of hydrogen-bond acceptors (Lipinski definition) is 2. The second kappa shape index (κ2) is 14.6. The van der Waals surface area contributed by atoms with Gasteiger partial charge in [-0.3, -0.25) is 0 Å². The summed E-state index contributed by atoms with van der Waals surface area (Å²) in [6.45, 7) is 7.74. The topological polar surface area (TPSA) is 27.0 Å². The van der Waals surface area contributed by atoms with Crippen molar-refractivity contribution in [3.05, 3.63) is 71.3 Å². The predicted molar refractivity (Wildman–Crippen MR) is 139 cm³/mol. The van der Waals surface area contributed by atoms with Gasteiger partial charge in [0.15, 0.2) is 0 Å². The van der Waals surface area contributed by atoms with Crippen LogP contribution in [0.4, 0.5) is 26.3 Å². The maximum absolute atomic E-state index is 13.3. The Kier molecular flexibility index (Phi) is 12.2. The molecule has 2 nitrogen and oxygen atoms in total. The minimum atomic E-state index is -4.86. The first-order valence-corrected chi connectivity index (χ1v) is 13.3. The van der Waals surface area contributed by atoms with Gasteiger partial charge in [0.25, 0.3) is 0 Å². The summed E-state index contributed by atoms with van der Waals surface area (Å²) in [6.07, 6.45) is -5.44. The van der Waals surface area contributed by atoms with Crippen LogP contribution in [0, 0.1) is 23.2 Å². The Morgan fingerprint density at radius 1 is 0.868 bits per heavy atom. The molecule has 1 saturated carbocycles. The molecule has 1 fully saturated rings. The van der Waals surface area contributed by atoms with Crippen LogP contribution in [0.15, 0.2) is 54.6 Å². The number of alkyl halides is 6. The lowest BCUT2D eigenvalue weighted by atomic mass is 9.61. The van der Waals surface area contributed by atoms with Gasteiger partial charge in [0.05, 0.1) is 17.9 Å². The van der Waals surface area contributed by atoms with Crippen LogP contribution in [0.2, 0.25) is 0 Å². The zero-order chi connectivity index (χ0) is 28.3. The van der Waals surface area contributed by atoms with E-state index in [9.17, 15) is 26.3 Å². The molecule has 2 aromatic carbocycles. The van der Waals surface area contributed by atoms with Gasteiger partial charge in [0.1, 0.15) is 0 Å². The number of nitriles is 1. The van der Waals surface area contributed by atoms with Crippen LogP contribution in [0.25, 0.3) is 0 Å². The summed E-state index contributed by atoms with van der Waals surface area (Å²) >= 11 is 0. The van der Waals surface area contributed by atoms with Gasteiger partial charge in [0.2, 0.25) is 0 Å². The molecule has 0 radical (unpaired) electrons. The summed E-state index contributed by atoms with van der Waals surface area (Å²) in [5.74, 6) is -5.79. The summed E-state index contributed by atoms with van der Waals surface area (Å²) < 4.78 is 79.1. The predicted octanol–water partition coefficient (Wildman–Crippen LogP) is 8.73. The zero-order valence-electron chi connectivity index (χ0n) is 22.3. The van der Waals surface area contributed by atoms with E-state index in [1.165, 1.54) is 12.5 Å². The van der Waals surface area contributed by atoms with Gasteiger partial charge in [-0.15, -0.1) is 0 Å². The van der Waals surface area contributed by atoms with E-state index in [2.05, 4.69) is 30.9 Å². The largest absolute Gasteiger partial charge is 0.393 e. The second-order valence-corrected chi connectivity index (χ2v) is 9.90. The number of rotatable bonds is 11. The van der Waals surface area contributed by atoms with Gasteiger partial charge < -0.3 is 4.90 Å². The zero-order valence-corrected chi connectivity index (χ0v) is 22.3. The highest BCUT2D eigenvalue weighted by molar-refractivity contribution is 5.29. The van der Waals surface area contributed by atoms with Crippen molar-refractivity contribution < 1.29 is 26.3 Å². The molecule has 4 unspecified atom stereocenters. The van der Waals surface area contributed by atoms with Gasteiger partial charge in [-0.2, -0.15) is 31.6 Å². The second-order valence-electron chi connectivity index (χ2n) is 9.90. The van der Waals surface area contributed by atoms with Gasteiger partial charge in [-0.25, -0.2) is 0 Å². The summed E-state index contributed by atoms with van der Waals surface area (Å²) in [6, 6.07) is 19.3. The van der Waals surface area contributed by atoms with Crippen LogP contribution in [0.5, 0.6) is 0 Å². The molecule has 0 saturated heterocycles. The maximum Gasteiger partial charge on any atom is 0.393 e. The molecule has 0 spiro atoms. The van der Waals surface area contributed by atoms with Crippen molar-refractivity contribution in [3.63, 3.8) is 0 Å². The average molecular weight is 541 g/mol. The molecule has 0 heterocycles. The molecular formula is C30H38F6N2. The Balaban J connectivity index is 0.00000161. The highest BCUT2D eigenvalue weighted by Crippen LogP contribution is 2.59. The third-order valence-corrected chi connectivity index (χ3v) is 7.38. The minimum Gasteiger partial charge on any atom is -0.300 e. The molecular weight excluding hydrogens is 502 g/mol. The van der Waals surface area contributed by atoms with E-state index in [1.54, 1.807) is 30.3 Å². The Morgan fingerprint density at radius 3 is 1.95 bits per heavy atom. The fraction of sp³-hybridized carbons (Fsp3) is 0.567. The van der Waals surface area contributed by atoms with Crippen LogP contribution in [0.1, 0.15) is 69.1 Å². The number of hydrogen-bond donors (Lipinski definition) is 0. The van der Waals surface area contributed by atoms with Crippen LogP contribution in [0.3, 0.4) is 0 Å². The lowest BCUT2D eigenvalue weighted by molar-refractivity contribution is -0.292. The molecule has 4 atom stereocenters. The number of nitrogens with zero attached hydrogens (tertiary/aromatic N) is 2. The Morgan fingerprint density at radius 2 is 1.45 bits per heavy atom. The first kappa shape index (κ1) is 31.7. The van der Waals surface area contributed by atoms with E-state index in [4.69, 9.17) is 5.26 Å². The third kappa shape index (κ3) is 9.04. The Labute approximate surface area is 222 Å². The van der Waals surface area contributed by atoms with Crippen molar-refractivity contribution in [3.8, 4) is 6.07 Å². The normalized spacial score (nSPS) is 20.2. The quantitative estimate of drug-likeness (QED) is 0.267. The smallest absolute Gasteiger partial charge is 0.300 e. The van der Waals surface area contributed by atoms with E-state index in [0.717, 1.165) is 50.8 Å². The van der Waals surface area contributed by atoms with Gasteiger partial charge in [-0.05, 0) is 67.7 Å². The third-order valence-electron chi connectivity index (χ3n) is 7.38. The van der Waals surface area contributed by atoms with E-state index in [1.807, 2.05) is 18.2 Å². The van der Waals surface area contributed by atoms with Crippen LogP contribution in [-0.2, 0) is 12.8 Å². The van der Waals surface area contributed by atoms with Crippen LogP contribution >= 0.6 is 0 Å². The molecule has 0 bridgehead atoms. The van der Waals surface area contributed by atoms with E-state index in [-0.39, 0.29) is 0 Å². The highest BCUT2D eigenvalue weighted by Gasteiger charge is 2.64. The SMILES string of the molecule is CC#N.CCCN(CCc1ccccc1)C(CC)CCc1ccc(C2CC(C(F)(F)F)C2C(F)(F)F)cc1. The van der Waals surface area contributed by atoms with Crippen molar-refractivity contribution in [2.45, 2.75) is 83.6 Å². The standard InChI is InChI=1S/C28H35F6N.C2H3N/c1-3-17-35(18-16-20-8-6-5-7-9-20)23(4-2)15-12-21-10-13-22(14-11-21)24-19-25(27(29,30)31)26(24)28(32,33)34;1-2-3/h5-11,13-14,23-26H,3-4,12,15-19H2,1-2H3;1H3. The first-order valence-electron chi connectivity index (χ1n) is 13.3. The number of halogens is 6. The maximum atomic E-state index is 13.3. The molecule has 210 valence electrons. The Bertz CT molecular complexity index is 979. The summed E-state index contributed by atoms with van der Waals surface area (Å²) in [5, 5.41) is 7.32. The fourth-order valence-corrected chi connectivity index (χ4v) is 5.38. The summed E-state index contributed by atoms with van der Waals surface area (Å²) in [7, 11) is 0. The molecule has 2 aromatic rings. The monoisotopic (exact) mass is 540 g/mol. The molecule has 0 aliphatic heterocycles. The fourth-order valence-electron chi connectivity index (χ4n) is 5.38. The van der Waals surface area contributed by atoms with Crippen molar-refractivity contribution >= 4 is 0 Å². The molecule has 0 aromatic heterocycles. The van der Waals surface area contributed by atoms with Crippen molar-refractivity contribution in [2.24, 2.45) is 11.8 Å². The van der Waals surface area contributed by atoms with Gasteiger partial charge in [-0.1, -0.05) is 68.4 Å². The lowest BCUT2D eigenvalue weighted by Gasteiger charge is -2.46. The van der Waals surface area contributed by atoms with E-state index in [0.29, 0.717) is 11.6 Å². The molecule has 38 heavy (non-hydrogen) atoms. The number of benzene rings is 2. The molecule has 3 rings (SSSR count). The highest BCUT2D eigenvalue weighted by atomic mass is 19.4. The molecule has 8 heteroatoms. The molecule has 1 aliphatic rings. The van der Waals surface area contributed by atoms with Crippen molar-refractivity contribution in [1.82, 2.24) is 4.90 Å². The lowest BCUT2D eigenvalue weighted by Crippen LogP contribution is -2.51. The van der Waals surface area contributed by atoms with Crippen LogP contribution in [-0.4, -0.2) is 36.4 Å². The number of aryl methyl sites for hydroxylation is 1. The van der Waals surface area contributed by atoms with Gasteiger partial charge >= 0.3 is 12.4 Å². The van der Waals surface area contributed by atoms with Gasteiger partial charge in [0, 0.05) is 19.5 Å². The minimum absolute atomic E-state index is 0.346. The van der Waals surface area contributed by atoms with Crippen molar-refractivity contribution in [2.75, 3.05) is 13.1 Å². The van der Waals surface area contributed by atoms with E-state index >= 15 is 0 Å². The summed E-state index contributed by atoms with van der Waals surface area (Å²) in [4.78, 5) is 2.51.